The lowest BCUT2D eigenvalue weighted by molar-refractivity contribution is 0.0921. The second-order valence-electron chi connectivity index (χ2n) is 6.87. The van der Waals surface area contributed by atoms with Gasteiger partial charge in [0, 0.05) is 29.3 Å². The zero-order valence-corrected chi connectivity index (χ0v) is 16.9. The van der Waals surface area contributed by atoms with Crippen LogP contribution in [0.15, 0.2) is 53.4 Å². The number of aryl methyl sites for hydroxylation is 2. The number of nitrogens with zero attached hydrogens (tertiary/aromatic N) is 6. The fraction of sp³-hybridized carbons (Fsp3) is 0.238. The highest BCUT2D eigenvalue weighted by Gasteiger charge is 2.22. The van der Waals surface area contributed by atoms with Crippen LogP contribution in [0.5, 0.6) is 0 Å². The fourth-order valence-electron chi connectivity index (χ4n) is 3.08. The molecule has 0 aliphatic carbocycles. The van der Waals surface area contributed by atoms with Crippen LogP contribution in [0.25, 0.3) is 17.1 Å². The van der Waals surface area contributed by atoms with E-state index in [-0.39, 0.29) is 5.91 Å². The zero-order valence-electron chi connectivity index (χ0n) is 16.9. The minimum Gasteiger partial charge on any atom is -0.339 e. The van der Waals surface area contributed by atoms with E-state index in [9.17, 15) is 4.79 Å². The van der Waals surface area contributed by atoms with Crippen molar-refractivity contribution < 1.29 is 9.32 Å². The van der Waals surface area contributed by atoms with Crippen LogP contribution in [-0.2, 0) is 0 Å². The number of nitrogens with one attached hydrogen (secondary N) is 1. The third-order valence-corrected chi connectivity index (χ3v) is 4.62. The van der Waals surface area contributed by atoms with Gasteiger partial charge in [-0.15, -0.1) is 0 Å². The molecule has 4 aromatic rings. The summed E-state index contributed by atoms with van der Waals surface area (Å²) in [7, 11) is 0. The standard InChI is InChI=1S/C21H21N7O2/c1-4-17(21-25-19(27-30-21)15-7-9-23-13(2)10-15)24-20(29)18-11-14(3)28(26-18)16-6-5-8-22-12-16/h5-12,17H,4H2,1-3H3,(H,24,29)/t17-/m0/s1. The minimum atomic E-state index is -0.425. The summed E-state index contributed by atoms with van der Waals surface area (Å²) in [6.45, 7) is 5.71. The Labute approximate surface area is 173 Å². The van der Waals surface area contributed by atoms with Gasteiger partial charge < -0.3 is 9.84 Å². The van der Waals surface area contributed by atoms with Crippen molar-refractivity contribution in [3.05, 3.63) is 71.9 Å². The Morgan fingerprint density at radius 2 is 2.10 bits per heavy atom. The van der Waals surface area contributed by atoms with Gasteiger partial charge in [-0.2, -0.15) is 10.1 Å². The highest BCUT2D eigenvalue weighted by molar-refractivity contribution is 5.92. The van der Waals surface area contributed by atoms with E-state index in [0.29, 0.717) is 23.8 Å². The van der Waals surface area contributed by atoms with Gasteiger partial charge in [0.05, 0.1) is 11.9 Å². The number of hydrogen-bond donors (Lipinski definition) is 1. The first kappa shape index (κ1) is 19.4. The molecule has 30 heavy (non-hydrogen) atoms. The van der Waals surface area contributed by atoms with E-state index >= 15 is 0 Å². The molecule has 0 unspecified atom stereocenters. The van der Waals surface area contributed by atoms with Crippen LogP contribution in [0.1, 0.15) is 47.2 Å². The maximum atomic E-state index is 12.8. The molecular formula is C21H21N7O2. The van der Waals surface area contributed by atoms with Crippen molar-refractivity contribution >= 4 is 5.91 Å². The van der Waals surface area contributed by atoms with Gasteiger partial charge in [0.1, 0.15) is 6.04 Å². The van der Waals surface area contributed by atoms with E-state index in [0.717, 1.165) is 22.6 Å². The van der Waals surface area contributed by atoms with E-state index in [1.165, 1.54) is 0 Å². The average molecular weight is 403 g/mol. The van der Waals surface area contributed by atoms with E-state index < -0.39 is 6.04 Å². The van der Waals surface area contributed by atoms with Crippen LogP contribution in [0.4, 0.5) is 0 Å². The van der Waals surface area contributed by atoms with Gasteiger partial charge in [-0.1, -0.05) is 12.1 Å². The molecule has 1 atom stereocenters. The first-order valence-corrected chi connectivity index (χ1v) is 9.59. The van der Waals surface area contributed by atoms with Crippen LogP contribution in [0.3, 0.4) is 0 Å². The quantitative estimate of drug-likeness (QED) is 0.526. The van der Waals surface area contributed by atoms with Crippen LogP contribution >= 0.6 is 0 Å². The summed E-state index contributed by atoms with van der Waals surface area (Å²) in [6.07, 6.45) is 5.66. The summed E-state index contributed by atoms with van der Waals surface area (Å²) in [5.74, 6) is 0.491. The van der Waals surface area contributed by atoms with E-state index in [1.54, 1.807) is 29.3 Å². The molecule has 0 radical (unpaired) electrons. The number of carbonyl (C=O) groups is 1. The van der Waals surface area contributed by atoms with E-state index in [4.69, 9.17) is 4.52 Å². The predicted octanol–water partition coefficient (Wildman–Crippen LogP) is 3.21. The summed E-state index contributed by atoms with van der Waals surface area (Å²) < 4.78 is 7.10. The lowest BCUT2D eigenvalue weighted by Gasteiger charge is -2.11. The average Bonchev–Trinajstić information content (AvgIpc) is 3.40. The van der Waals surface area contributed by atoms with Crippen molar-refractivity contribution in [3.8, 4) is 17.1 Å². The van der Waals surface area contributed by atoms with Crippen molar-refractivity contribution in [1.82, 2.24) is 35.2 Å². The normalized spacial score (nSPS) is 12.0. The maximum Gasteiger partial charge on any atom is 0.272 e. The number of hydrogen-bond acceptors (Lipinski definition) is 7. The molecule has 9 nitrogen and oxygen atoms in total. The Hall–Kier alpha value is -3.88. The van der Waals surface area contributed by atoms with Crippen LogP contribution in [-0.4, -0.2) is 35.8 Å². The number of pyridine rings is 2. The van der Waals surface area contributed by atoms with Gasteiger partial charge in [-0.3, -0.25) is 14.8 Å². The van der Waals surface area contributed by atoms with Crippen LogP contribution < -0.4 is 5.32 Å². The van der Waals surface area contributed by atoms with E-state index in [1.807, 2.05) is 45.0 Å². The lowest BCUT2D eigenvalue weighted by atomic mass is 10.2. The van der Waals surface area contributed by atoms with Crippen LogP contribution in [0.2, 0.25) is 0 Å². The first-order chi connectivity index (χ1) is 14.5. The largest absolute Gasteiger partial charge is 0.339 e. The molecule has 0 aliphatic rings. The molecule has 0 spiro atoms. The van der Waals surface area contributed by atoms with Crippen molar-refractivity contribution in [3.63, 3.8) is 0 Å². The summed E-state index contributed by atoms with van der Waals surface area (Å²) in [6, 6.07) is 8.70. The smallest absolute Gasteiger partial charge is 0.272 e. The number of carbonyl (C=O) groups excluding carboxylic acids is 1. The molecule has 4 heterocycles. The van der Waals surface area contributed by atoms with Gasteiger partial charge in [-0.05, 0) is 50.6 Å². The Kier molecular flexibility index (Phi) is 5.34. The lowest BCUT2D eigenvalue weighted by Crippen LogP contribution is -2.28. The Balaban J connectivity index is 1.53. The molecular weight excluding hydrogens is 382 g/mol. The van der Waals surface area contributed by atoms with Crippen molar-refractivity contribution in [2.75, 3.05) is 0 Å². The highest BCUT2D eigenvalue weighted by atomic mass is 16.5. The Bertz CT molecular complexity index is 1170. The van der Waals surface area contributed by atoms with Crippen LogP contribution in [0, 0.1) is 13.8 Å². The molecule has 0 aliphatic heterocycles. The maximum absolute atomic E-state index is 12.8. The summed E-state index contributed by atoms with van der Waals surface area (Å²) in [5.41, 5.74) is 3.59. The van der Waals surface area contributed by atoms with Crippen molar-refractivity contribution in [1.29, 1.82) is 0 Å². The van der Waals surface area contributed by atoms with Crippen molar-refractivity contribution in [2.24, 2.45) is 0 Å². The molecule has 4 aromatic heterocycles. The molecule has 0 saturated carbocycles. The molecule has 0 saturated heterocycles. The summed E-state index contributed by atoms with van der Waals surface area (Å²) in [4.78, 5) is 25.5. The molecule has 4 rings (SSSR count). The Morgan fingerprint density at radius 1 is 1.23 bits per heavy atom. The monoisotopic (exact) mass is 403 g/mol. The van der Waals surface area contributed by atoms with Crippen molar-refractivity contribution in [2.45, 2.75) is 33.2 Å². The second kappa shape index (κ2) is 8.24. The van der Waals surface area contributed by atoms with Gasteiger partial charge >= 0.3 is 0 Å². The van der Waals surface area contributed by atoms with E-state index in [2.05, 4.69) is 30.5 Å². The highest BCUT2D eigenvalue weighted by Crippen LogP contribution is 2.21. The van der Waals surface area contributed by atoms with Gasteiger partial charge in [-0.25, -0.2) is 4.68 Å². The number of rotatable bonds is 6. The molecule has 0 fully saturated rings. The first-order valence-electron chi connectivity index (χ1n) is 9.59. The number of aromatic nitrogens is 6. The third-order valence-electron chi connectivity index (χ3n) is 4.62. The Morgan fingerprint density at radius 3 is 2.83 bits per heavy atom. The molecule has 1 amide bonds. The minimum absolute atomic E-state index is 0.305. The summed E-state index contributed by atoms with van der Waals surface area (Å²) in [5, 5.41) is 11.4. The topological polar surface area (TPSA) is 112 Å². The SMILES string of the molecule is CC[C@H](NC(=O)c1cc(C)n(-c2cccnc2)n1)c1nc(-c2ccnc(C)c2)no1. The second-order valence-corrected chi connectivity index (χ2v) is 6.87. The molecule has 0 aromatic carbocycles. The predicted molar refractivity (Wildman–Crippen MR) is 109 cm³/mol. The molecule has 152 valence electrons. The third kappa shape index (κ3) is 3.95. The molecule has 1 N–H and O–H groups in total. The zero-order chi connectivity index (χ0) is 21.1. The number of amides is 1. The fourth-order valence-corrected chi connectivity index (χ4v) is 3.08. The van der Waals surface area contributed by atoms with Gasteiger partial charge in [0.2, 0.25) is 11.7 Å². The molecule has 9 heteroatoms. The summed E-state index contributed by atoms with van der Waals surface area (Å²) >= 11 is 0. The van der Waals surface area contributed by atoms with Gasteiger partial charge in [0.25, 0.3) is 5.91 Å². The van der Waals surface area contributed by atoms with Gasteiger partial charge in [0.15, 0.2) is 5.69 Å². The molecule has 0 bridgehead atoms.